The van der Waals surface area contributed by atoms with Gasteiger partial charge in [0.05, 0.1) is 7.11 Å². The van der Waals surface area contributed by atoms with Crippen LogP contribution in [-0.2, 0) is 28.6 Å². The molecular weight excluding hydrogens is 598 g/mol. The van der Waals surface area contributed by atoms with Crippen LogP contribution >= 0.6 is 11.6 Å². The lowest BCUT2D eigenvalue weighted by Crippen LogP contribution is -2.52. The van der Waals surface area contributed by atoms with Crippen molar-refractivity contribution in [1.29, 1.82) is 0 Å². The molecule has 45 heavy (non-hydrogen) atoms. The van der Waals surface area contributed by atoms with E-state index in [4.69, 9.17) is 25.8 Å². The Hall–Kier alpha value is -3.79. The number of carbonyl (C=O) groups is 4. The number of hydrogen-bond acceptors (Lipinski definition) is 7. The number of halogens is 1. The molecule has 0 aromatic rings. The number of ether oxygens (including phenoxy) is 3. The topological polar surface area (TPSA) is 132 Å². The van der Waals surface area contributed by atoms with E-state index in [-0.39, 0.29) is 29.7 Å². The zero-order valence-corrected chi connectivity index (χ0v) is 28.7. The van der Waals surface area contributed by atoms with Crippen molar-refractivity contribution >= 4 is 35.5 Å². The van der Waals surface area contributed by atoms with E-state index in [1.165, 1.54) is 19.4 Å². The molecule has 11 heteroatoms. The third-order valence-corrected chi connectivity index (χ3v) is 6.70. The van der Waals surface area contributed by atoms with Crippen molar-refractivity contribution in [3.8, 4) is 0 Å². The number of methoxy groups -OCH3 is 1. The fraction of sp³-hybridized carbons (Fsp3) is 0.529. The Kier molecular flexibility index (Phi) is 17.1. The van der Waals surface area contributed by atoms with Crippen molar-refractivity contribution in [1.82, 2.24) is 16.0 Å². The van der Waals surface area contributed by atoms with Crippen molar-refractivity contribution in [2.45, 2.75) is 98.9 Å². The van der Waals surface area contributed by atoms with E-state index >= 15 is 0 Å². The van der Waals surface area contributed by atoms with Crippen molar-refractivity contribution in [3.63, 3.8) is 0 Å². The van der Waals surface area contributed by atoms with Gasteiger partial charge in [-0.3, -0.25) is 9.59 Å². The number of hydrogen-bond donors (Lipinski definition) is 3. The maximum Gasteiger partial charge on any atom is 0.407 e. The van der Waals surface area contributed by atoms with Gasteiger partial charge in [-0.25, -0.2) is 9.59 Å². The number of cyclic esters (lactones) is 1. The van der Waals surface area contributed by atoms with Gasteiger partial charge >= 0.3 is 12.1 Å². The standard InChI is InChI=1S/C34H50ClN3O7/c1-22(2)37-33(42)44-26(17-16-25(5)35)14-12-20-36-31(40)30(34(6,7)8)38-29(39)15-11-10-13-23(3)21-24(4)27-18-19-28(43-9)32(41)45-27/h10-13,15-16,19-22,24,26-27,30H,14,17-18H2,1-9H3,(H,36,40)(H,37,42)(H,38,39)/b13-10+,15-11-,20-12-,23-21+,25-16+. The summed E-state index contributed by atoms with van der Waals surface area (Å²) < 4.78 is 15.9. The SMILES string of the molecule is COC1=CCC(C(C)/C=C(C)/C=C/C=C\C(=O)NC(C(=O)N/C=C\CC(C/C=C(\C)Cl)OC(=O)NC(C)C)C(C)(C)C)OC1=O. The predicted molar refractivity (Wildman–Crippen MR) is 177 cm³/mol. The first-order valence-electron chi connectivity index (χ1n) is 15.1. The van der Waals surface area contributed by atoms with Crippen LogP contribution in [0.5, 0.6) is 0 Å². The molecule has 0 aromatic carbocycles. The van der Waals surface area contributed by atoms with Gasteiger partial charge in [0.1, 0.15) is 18.2 Å². The van der Waals surface area contributed by atoms with Gasteiger partial charge in [-0.05, 0) is 45.4 Å². The molecule has 4 atom stereocenters. The average Bonchev–Trinajstić information content (AvgIpc) is 2.93. The van der Waals surface area contributed by atoms with Gasteiger partial charge in [0, 0.05) is 42.3 Å². The Balaban J connectivity index is 2.73. The number of esters is 1. The molecule has 0 saturated carbocycles. The van der Waals surface area contributed by atoms with Gasteiger partial charge in [-0.15, -0.1) is 0 Å². The third-order valence-electron chi connectivity index (χ3n) is 6.54. The molecule has 0 bridgehead atoms. The summed E-state index contributed by atoms with van der Waals surface area (Å²) in [7, 11) is 1.44. The highest BCUT2D eigenvalue weighted by atomic mass is 35.5. The summed E-state index contributed by atoms with van der Waals surface area (Å²) in [5.41, 5.74) is 0.364. The summed E-state index contributed by atoms with van der Waals surface area (Å²) >= 11 is 5.94. The van der Waals surface area contributed by atoms with Crippen LogP contribution in [0, 0.1) is 11.3 Å². The van der Waals surface area contributed by atoms with Crippen molar-refractivity contribution in [2.24, 2.45) is 11.3 Å². The van der Waals surface area contributed by atoms with E-state index in [1.54, 1.807) is 37.3 Å². The molecular formula is C34H50ClN3O7. The minimum Gasteiger partial charge on any atom is -0.490 e. The molecule has 0 saturated heterocycles. The monoisotopic (exact) mass is 647 g/mol. The molecule has 0 fully saturated rings. The molecule has 1 aliphatic rings. The molecule has 3 amide bonds. The largest absolute Gasteiger partial charge is 0.490 e. The van der Waals surface area contributed by atoms with Crippen molar-refractivity contribution < 1.29 is 33.4 Å². The predicted octanol–water partition coefficient (Wildman–Crippen LogP) is 6.11. The number of nitrogens with one attached hydrogen (secondary N) is 3. The first kappa shape index (κ1) is 39.2. The Morgan fingerprint density at radius 2 is 1.76 bits per heavy atom. The summed E-state index contributed by atoms with van der Waals surface area (Å²) in [6.07, 6.45) is 15.2. The fourth-order valence-corrected chi connectivity index (χ4v) is 4.27. The fourth-order valence-electron chi connectivity index (χ4n) is 4.18. The van der Waals surface area contributed by atoms with E-state index in [0.29, 0.717) is 24.3 Å². The van der Waals surface area contributed by atoms with Crippen LogP contribution in [0.25, 0.3) is 0 Å². The second-order valence-corrected chi connectivity index (χ2v) is 12.8. The van der Waals surface area contributed by atoms with E-state index in [1.807, 2.05) is 60.6 Å². The summed E-state index contributed by atoms with van der Waals surface area (Å²) in [5, 5.41) is 8.76. The van der Waals surface area contributed by atoms with Gasteiger partial charge in [0.15, 0.2) is 5.76 Å². The van der Waals surface area contributed by atoms with Crippen molar-refractivity contribution in [3.05, 3.63) is 71.2 Å². The lowest BCUT2D eigenvalue weighted by atomic mass is 9.86. The molecule has 1 rings (SSSR count). The van der Waals surface area contributed by atoms with Crippen LogP contribution in [0.15, 0.2) is 71.2 Å². The Labute approximate surface area is 273 Å². The summed E-state index contributed by atoms with van der Waals surface area (Å²) in [6, 6.07) is -0.884. The van der Waals surface area contributed by atoms with Gasteiger partial charge in [-0.2, -0.15) is 0 Å². The summed E-state index contributed by atoms with van der Waals surface area (Å²) in [6.45, 7) is 14.9. The molecule has 250 valence electrons. The quantitative estimate of drug-likeness (QED) is 0.111. The Morgan fingerprint density at radius 1 is 1.09 bits per heavy atom. The van der Waals surface area contributed by atoms with E-state index < -0.39 is 35.5 Å². The summed E-state index contributed by atoms with van der Waals surface area (Å²) in [5.74, 6) is -1.07. The number of carbonyl (C=O) groups excluding carboxylic acids is 4. The van der Waals surface area contributed by atoms with E-state index in [9.17, 15) is 19.2 Å². The number of allylic oxidation sites excluding steroid dienone is 5. The molecule has 0 radical (unpaired) electrons. The molecule has 0 aromatic heterocycles. The number of amides is 3. The summed E-state index contributed by atoms with van der Waals surface area (Å²) in [4.78, 5) is 49.6. The highest BCUT2D eigenvalue weighted by Gasteiger charge is 2.32. The van der Waals surface area contributed by atoms with Gasteiger partial charge in [0.25, 0.3) is 0 Å². The van der Waals surface area contributed by atoms with Crippen LogP contribution in [0.4, 0.5) is 4.79 Å². The van der Waals surface area contributed by atoms with E-state index in [0.717, 1.165) is 5.57 Å². The Bertz CT molecular complexity index is 1200. The molecule has 0 aliphatic carbocycles. The zero-order chi connectivity index (χ0) is 34.2. The van der Waals surface area contributed by atoms with Crippen LogP contribution in [-0.4, -0.2) is 55.3 Å². The average molecular weight is 648 g/mol. The lowest BCUT2D eigenvalue weighted by molar-refractivity contribution is -0.151. The molecule has 0 spiro atoms. The van der Waals surface area contributed by atoms with Crippen LogP contribution in [0.2, 0.25) is 0 Å². The van der Waals surface area contributed by atoms with Crippen molar-refractivity contribution in [2.75, 3.05) is 7.11 Å². The first-order valence-corrected chi connectivity index (χ1v) is 15.4. The van der Waals surface area contributed by atoms with Gasteiger partial charge in [0.2, 0.25) is 11.8 Å². The van der Waals surface area contributed by atoms with Crippen LogP contribution < -0.4 is 16.0 Å². The van der Waals surface area contributed by atoms with Crippen LogP contribution in [0.1, 0.15) is 74.7 Å². The van der Waals surface area contributed by atoms with Gasteiger partial charge in [-0.1, -0.05) is 81.3 Å². The van der Waals surface area contributed by atoms with Crippen LogP contribution in [0.3, 0.4) is 0 Å². The third kappa shape index (κ3) is 16.2. The number of alkyl carbamates (subject to hydrolysis) is 1. The lowest BCUT2D eigenvalue weighted by Gasteiger charge is -2.29. The number of rotatable bonds is 15. The Morgan fingerprint density at radius 3 is 2.33 bits per heavy atom. The minimum atomic E-state index is -0.817. The molecule has 4 unspecified atom stereocenters. The highest BCUT2D eigenvalue weighted by molar-refractivity contribution is 6.29. The first-order chi connectivity index (χ1) is 21.0. The molecule has 3 N–H and O–H groups in total. The minimum absolute atomic E-state index is 0.0184. The second-order valence-electron chi connectivity index (χ2n) is 12.2. The normalized spacial score (nSPS) is 18.4. The molecule has 1 aliphatic heterocycles. The molecule has 1 heterocycles. The second kappa shape index (κ2) is 19.6. The highest BCUT2D eigenvalue weighted by Crippen LogP contribution is 2.23. The smallest absolute Gasteiger partial charge is 0.407 e. The maximum absolute atomic E-state index is 13.0. The van der Waals surface area contributed by atoms with Gasteiger partial charge < -0.3 is 30.2 Å². The van der Waals surface area contributed by atoms with E-state index in [2.05, 4.69) is 16.0 Å². The molecule has 10 nitrogen and oxygen atoms in total. The zero-order valence-electron chi connectivity index (χ0n) is 27.9. The maximum atomic E-state index is 13.0.